The van der Waals surface area contributed by atoms with Crippen LogP contribution in [0.3, 0.4) is 0 Å². The Morgan fingerprint density at radius 2 is 2.32 bits per heavy atom. The molecule has 1 aliphatic heterocycles. The zero-order valence-corrected chi connectivity index (χ0v) is 11.3. The topological polar surface area (TPSA) is 47.7 Å². The molecule has 2 aliphatic rings. The lowest BCUT2D eigenvalue weighted by molar-refractivity contribution is -0.0583. The minimum Gasteiger partial charge on any atom is -0.492 e. The molecule has 1 aliphatic carbocycles. The molecular formula is C15H22N2O2. The normalized spacial score (nSPS) is 27.2. The van der Waals surface area contributed by atoms with Crippen molar-refractivity contribution in [3.05, 3.63) is 24.3 Å². The van der Waals surface area contributed by atoms with Crippen LogP contribution in [-0.2, 0) is 4.74 Å². The van der Waals surface area contributed by atoms with Crippen molar-refractivity contribution in [3.63, 3.8) is 0 Å². The van der Waals surface area contributed by atoms with E-state index in [9.17, 15) is 0 Å². The third-order valence-corrected chi connectivity index (χ3v) is 4.10. The van der Waals surface area contributed by atoms with Gasteiger partial charge in [-0.05, 0) is 31.4 Å². The lowest BCUT2D eigenvalue weighted by Crippen LogP contribution is -2.49. The molecule has 3 rings (SSSR count). The number of benzene rings is 1. The third-order valence-electron chi connectivity index (χ3n) is 4.10. The zero-order valence-electron chi connectivity index (χ0n) is 11.3. The largest absolute Gasteiger partial charge is 0.492 e. The minimum absolute atomic E-state index is 0.459. The zero-order chi connectivity index (χ0) is 13.1. The van der Waals surface area contributed by atoms with Gasteiger partial charge < -0.3 is 15.2 Å². The fraction of sp³-hybridized carbons (Fsp3) is 0.600. The first-order valence-electron chi connectivity index (χ1n) is 7.17. The van der Waals surface area contributed by atoms with E-state index in [4.69, 9.17) is 15.2 Å². The van der Waals surface area contributed by atoms with E-state index in [1.807, 2.05) is 24.3 Å². The van der Waals surface area contributed by atoms with E-state index in [-0.39, 0.29) is 0 Å². The Morgan fingerprint density at radius 1 is 1.37 bits per heavy atom. The maximum Gasteiger partial charge on any atom is 0.121 e. The summed E-state index contributed by atoms with van der Waals surface area (Å²) >= 11 is 0. The Bertz CT molecular complexity index is 424. The molecule has 0 spiro atoms. The molecule has 4 heteroatoms. The van der Waals surface area contributed by atoms with Gasteiger partial charge in [0, 0.05) is 30.9 Å². The van der Waals surface area contributed by atoms with Gasteiger partial charge in [-0.15, -0.1) is 0 Å². The number of anilines is 1. The predicted molar refractivity (Wildman–Crippen MR) is 75.3 cm³/mol. The summed E-state index contributed by atoms with van der Waals surface area (Å²) in [7, 11) is 0. The van der Waals surface area contributed by atoms with Gasteiger partial charge in [0.25, 0.3) is 0 Å². The van der Waals surface area contributed by atoms with Crippen LogP contribution >= 0.6 is 0 Å². The number of hydrogen-bond acceptors (Lipinski definition) is 4. The highest BCUT2D eigenvalue weighted by Crippen LogP contribution is 2.29. The van der Waals surface area contributed by atoms with Gasteiger partial charge in [0.1, 0.15) is 12.4 Å². The van der Waals surface area contributed by atoms with Crippen molar-refractivity contribution in [2.24, 2.45) is 0 Å². The van der Waals surface area contributed by atoms with Crippen LogP contribution in [0, 0.1) is 0 Å². The highest BCUT2D eigenvalue weighted by molar-refractivity contribution is 5.43. The van der Waals surface area contributed by atoms with Crippen LogP contribution in [0.4, 0.5) is 5.69 Å². The first-order valence-corrected chi connectivity index (χ1v) is 7.17. The fourth-order valence-corrected chi connectivity index (χ4v) is 3.17. The number of fused-ring (bicyclic) bond motifs is 1. The summed E-state index contributed by atoms with van der Waals surface area (Å²) in [5.41, 5.74) is 6.49. The molecule has 1 aromatic rings. The van der Waals surface area contributed by atoms with Gasteiger partial charge in [-0.3, -0.25) is 4.90 Å². The number of nitrogen functional groups attached to an aromatic ring is 1. The Hall–Kier alpha value is -1.26. The van der Waals surface area contributed by atoms with Gasteiger partial charge >= 0.3 is 0 Å². The number of nitrogens with two attached hydrogens (primary N) is 1. The summed E-state index contributed by atoms with van der Waals surface area (Å²) in [4.78, 5) is 2.52. The van der Waals surface area contributed by atoms with E-state index in [1.54, 1.807) is 0 Å². The summed E-state index contributed by atoms with van der Waals surface area (Å²) in [6.45, 7) is 3.58. The summed E-state index contributed by atoms with van der Waals surface area (Å²) in [5, 5.41) is 0. The quantitative estimate of drug-likeness (QED) is 0.842. The fourth-order valence-electron chi connectivity index (χ4n) is 3.17. The van der Waals surface area contributed by atoms with Gasteiger partial charge in [-0.1, -0.05) is 6.07 Å². The van der Waals surface area contributed by atoms with Crippen LogP contribution in [0.15, 0.2) is 24.3 Å². The molecule has 2 N–H and O–H groups in total. The molecule has 1 aromatic carbocycles. The molecule has 104 valence electrons. The van der Waals surface area contributed by atoms with E-state index in [0.717, 1.165) is 31.1 Å². The average molecular weight is 262 g/mol. The van der Waals surface area contributed by atoms with Crippen LogP contribution < -0.4 is 10.5 Å². The van der Waals surface area contributed by atoms with E-state index in [1.165, 1.54) is 19.3 Å². The van der Waals surface area contributed by atoms with Gasteiger partial charge in [-0.2, -0.15) is 0 Å². The molecule has 1 heterocycles. The van der Waals surface area contributed by atoms with Crippen molar-refractivity contribution >= 4 is 5.69 Å². The second-order valence-electron chi connectivity index (χ2n) is 5.36. The van der Waals surface area contributed by atoms with Crippen molar-refractivity contribution in [1.29, 1.82) is 0 Å². The maximum atomic E-state index is 5.81. The van der Waals surface area contributed by atoms with E-state index in [0.29, 0.717) is 18.8 Å². The summed E-state index contributed by atoms with van der Waals surface area (Å²) in [6.07, 6.45) is 4.24. The number of hydrogen-bond donors (Lipinski definition) is 1. The van der Waals surface area contributed by atoms with Crippen molar-refractivity contribution in [2.75, 3.05) is 32.0 Å². The number of morpholine rings is 1. The molecule has 1 saturated heterocycles. The average Bonchev–Trinajstić information content (AvgIpc) is 2.88. The smallest absolute Gasteiger partial charge is 0.121 e. The minimum atomic E-state index is 0.459. The standard InChI is InChI=1S/C15H22N2O2/c16-12-3-1-4-13(11-12)18-9-7-17-8-10-19-15-6-2-5-14(15)17/h1,3-4,11,14-15H,2,5-10,16H2. The van der Waals surface area contributed by atoms with Gasteiger partial charge in [0.15, 0.2) is 0 Å². The van der Waals surface area contributed by atoms with Crippen molar-refractivity contribution in [2.45, 2.75) is 31.4 Å². The molecule has 0 bridgehead atoms. The van der Waals surface area contributed by atoms with Crippen LogP contribution in [-0.4, -0.2) is 43.3 Å². The van der Waals surface area contributed by atoms with E-state index in [2.05, 4.69) is 4.90 Å². The second-order valence-corrected chi connectivity index (χ2v) is 5.36. The van der Waals surface area contributed by atoms with E-state index < -0.39 is 0 Å². The summed E-state index contributed by atoms with van der Waals surface area (Å²) in [6, 6.07) is 8.23. The molecular weight excluding hydrogens is 240 g/mol. The summed E-state index contributed by atoms with van der Waals surface area (Å²) < 4.78 is 11.6. The molecule has 4 nitrogen and oxygen atoms in total. The lowest BCUT2D eigenvalue weighted by atomic mass is 10.1. The Balaban J connectivity index is 1.49. The first kappa shape index (κ1) is 12.8. The molecule has 2 atom stereocenters. The number of rotatable bonds is 4. The molecule has 1 saturated carbocycles. The van der Waals surface area contributed by atoms with Gasteiger partial charge in [0.05, 0.1) is 12.7 Å². The van der Waals surface area contributed by atoms with Crippen LogP contribution in [0.1, 0.15) is 19.3 Å². The van der Waals surface area contributed by atoms with Gasteiger partial charge in [0.2, 0.25) is 0 Å². The molecule has 2 fully saturated rings. The van der Waals surface area contributed by atoms with Crippen molar-refractivity contribution in [1.82, 2.24) is 4.90 Å². The van der Waals surface area contributed by atoms with Crippen molar-refractivity contribution in [3.8, 4) is 5.75 Å². The Kier molecular flexibility index (Phi) is 3.89. The monoisotopic (exact) mass is 262 g/mol. The second kappa shape index (κ2) is 5.80. The van der Waals surface area contributed by atoms with Crippen LogP contribution in [0.5, 0.6) is 5.75 Å². The van der Waals surface area contributed by atoms with Crippen LogP contribution in [0.2, 0.25) is 0 Å². The molecule has 0 aromatic heterocycles. The van der Waals surface area contributed by atoms with E-state index >= 15 is 0 Å². The molecule has 0 amide bonds. The van der Waals surface area contributed by atoms with Crippen LogP contribution in [0.25, 0.3) is 0 Å². The highest BCUT2D eigenvalue weighted by Gasteiger charge is 2.35. The SMILES string of the molecule is Nc1cccc(OCCN2CCOC3CCCC32)c1. The van der Waals surface area contributed by atoms with Gasteiger partial charge in [-0.25, -0.2) is 0 Å². The first-order chi connectivity index (χ1) is 9.33. The van der Waals surface area contributed by atoms with Crippen molar-refractivity contribution < 1.29 is 9.47 Å². The molecule has 19 heavy (non-hydrogen) atoms. The number of nitrogens with zero attached hydrogens (tertiary/aromatic N) is 1. The summed E-state index contributed by atoms with van der Waals surface area (Å²) in [5.74, 6) is 0.858. The Morgan fingerprint density at radius 3 is 3.21 bits per heavy atom. The highest BCUT2D eigenvalue weighted by atomic mass is 16.5. The third kappa shape index (κ3) is 3.01. The molecule has 2 unspecified atom stereocenters. The predicted octanol–water partition coefficient (Wildman–Crippen LogP) is 1.90. The molecule has 0 radical (unpaired) electrons. The number of ether oxygens (including phenoxy) is 2. The Labute approximate surface area is 114 Å². The lowest BCUT2D eigenvalue weighted by Gasteiger charge is -2.37. The maximum absolute atomic E-state index is 5.81.